The van der Waals surface area contributed by atoms with Crippen LogP contribution < -0.4 is 4.90 Å². The maximum absolute atomic E-state index is 6.05. The van der Waals surface area contributed by atoms with E-state index in [1.54, 1.807) is 7.11 Å². The fourth-order valence-corrected chi connectivity index (χ4v) is 2.57. The summed E-state index contributed by atoms with van der Waals surface area (Å²) >= 11 is 9.57. The number of alkyl halides is 1. The molecule has 1 aromatic rings. The van der Waals surface area contributed by atoms with E-state index in [0.717, 1.165) is 30.0 Å². The van der Waals surface area contributed by atoms with E-state index >= 15 is 0 Å². The standard InChI is InChI=1S/C14H21BrClNO/c1-11(2)10-17(6-7-18-3)14-5-4-13(16)8-12(14)9-15/h4-5,8,11H,6-7,9-10H2,1-3H3. The van der Waals surface area contributed by atoms with Crippen LogP contribution in [0.2, 0.25) is 5.02 Å². The number of halogens is 2. The predicted octanol–water partition coefficient (Wildman–Crippen LogP) is 4.34. The van der Waals surface area contributed by atoms with E-state index in [1.807, 2.05) is 12.1 Å². The zero-order chi connectivity index (χ0) is 13.5. The summed E-state index contributed by atoms with van der Waals surface area (Å²) in [4.78, 5) is 2.36. The lowest BCUT2D eigenvalue weighted by molar-refractivity contribution is 0.204. The molecule has 0 aliphatic carbocycles. The van der Waals surface area contributed by atoms with Gasteiger partial charge in [0.2, 0.25) is 0 Å². The Bertz CT molecular complexity index is 371. The van der Waals surface area contributed by atoms with Gasteiger partial charge in [0.1, 0.15) is 0 Å². The van der Waals surface area contributed by atoms with Crippen molar-refractivity contribution in [2.24, 2.45) is 5.92 Å². The number of hydrogen-bond donors (Lipinski definition) is 0. The fraction of sp³-hybridized carbons (Fsp3) is 0.571. The first-order valence-electron chi connectivity index (χ1n) is 6.16. The van der Waals surface area contributed by atoms with Crippen LogP contribution in [-0.2, 0) is 10.1 Å². The van der Waals surface area contributed by atoms with Gasteiger partial charge in [-0.05, 0) is 29.7 Å². The van der Waals surface area contributed by atoms with Gasteiger partial charge in [0, 0.05) is 36.2 Å². The summed E-state index contributed by atoms with van der Waals surface area (Å²) < 4.78 is 5.19. The van der Waals surface area contributed by atoms with E-state index in [4.69, 9.17) is 16.3 Å². The normalized spacial score (nSPS) is 11.0. The third-order valence-electron chi connectivity index (χ3n) is 2.68. The number of rotatable bonds is 7. The van der Waals surface area contributed by atoms with Gasteiger partial charge in [0.05, 0.1) is 6.61 Å². The Hall–Kier alpha value is -0.250. The molecule has 102 valence electrons. The number of hydrogen-bond acceptors (Lipinski definition) is 2. The minimum atomic E-state index is 0.612. The van der Waals surface area contributed by atoms with Crippen LogP contribution in [0.4, 0.5) is 5.69 Å². The molecule has 2 nitrogen and oxygen atoms in total. The highest BCUT2D eigenvalue weighted by Crippen LogP contribution is 2.27. The van der Waals surface area contributed by atoms with E-state index < -0.39 is 0 Å². The van der Waals surface area contributed by atoms with Gasteiger partial charge in [0.25, 0.3) is 0 Å². The Morgan fingerprint density at radius 3 is 2.67 bits per heavy atom. The van der Waals surface area contributed by atoms with Crippen LogP contribution in [0.25, 0.3) is 0 Å². The van der Waals surface area contributed by atoms with Gasteiger partial charge in [-0.3, -0.25) is 0 Å². The highest BCUT2D eigenvalue weighted by atomic mass is 79.9. The van der Waals surface area contributed by atoms with Crippen LogP contribution in [0, 0.1) is 5.92 Å². The molecule has 0 atom stereocenters. The molecule has 1 aromatic carbocycles. The lowest BCUT2D eigenvalue weighted by Gasteiger charge is -2.28. The van der Waals surface area contributed by atoms with E-state index in [0.29, 0.717) is 5.92 Å². The molecule has 18 heavy (non-hydrogen) atoms. The van der Waals surface area contributed by atoms with Crippen LogP contribution >= 0.6 is 27.5 Å². The van der Waals surface area contributed by atoms with E-state index in [9.17, 15) is 0 Å². The molecule has 0 aliphatic rings. The van der Waals surface area contributed by atoms with Crippen molar-refractivity contribution in [1.82, 2.24) is 0 Å². The van der Waals surface area contributed by atoms with Gasteiger partial charge >= 0.3 is 0 Å². The highest BCUT2D eigenvalue weighted by Gasteiger charge is 2.12. The van der Waals surface area contributed by atoms with Gasteiger partial charge in [-0.2, -0.15) is 0 Å². The molecule has 0 aliphatic heterocycles. The minimum Gasteiger partial charge on any atom is -0.383 e. The summed E-state index contributed by atoms with van der Waals surface area (Å²) in [6, 6.07) is 6.06. The second kappa shape index (κ2) is 8.03. The Labute approximate surface area is 123 Å². The molecule has 0 saturated heterocycles. The number of anilines is 1. The lowest BCUT2D eigenvalue weighted by Crippen LogP contribution is -2.31. The maximum atomic E-state index is 6.05. The van der Waals surface area contributed by atoms with E-state index in [2.05, 4.69) is 40.7 Å². The Kier molecular flexibility index (Phi) is 7.05. The smallest absolute Gasteiger partial charge is 0.0637 e. The lowest BCUT2D eigenvalue weighted by atomic mass is 10.1. The third kappa shape index (κ3) is 4.79. The summed E-state index contributed by atoms with van der Waals surface area (Å²) in [5.74, 6) is 0.612. The first-order valence-corrected chi connectivity index (χ1v) is 7.66. The molecule has 0 saturated carbocycles. The maximum Gasteiger partial charge on any atom is 0.0637 e. The summed E-state index contributed by atoms with van der Waals surface area (Å²) in [5.41, 5.74) is 2.46. The zero-order valence-electron chi connectivity index (χ0n) is 11.2. The molecule has 0 heterocycles. The number of ether oxygens (including phenoxy) is 1. The van der Waals surface area contributed by atoms with Crippen LogP contribution in [-0.4, -0.2) is 26.8 Å². The number of methoxy groups -OCH3 is 1. The Morgan fingerprint density at radius 2 is 2.11 bits per heavy atom. The van der Waals surface area contributed by atoms with Crippen molar-refractivity contribution >= 4 is 33.2 Å². The van der Waals surface area contributed by atoms with E-state index in [1.165, 1.54) is 11.3 Å². The molecule has 0 amide bonds. The molecule has 0 N–H and O–H groups in total. The number of benzene rings is 1. The van der Waals surface area contributed by atoms with Gasteiger partial charge in [-0.15, -0.1) is 0 Å². The van der Waals surface area contributed by atoms with Crippen molar-refractivity contribution < 1.29 is 4.74 Å². The molecule has 0 bridgehead atoms. The summed E-state index contributed by atoms with van der Waals surface area (Å²) in [7, 11) is 1.74. The summed E-state index contributed by atoms with van der Waals surface area (Å²) in [5, 5.41) is 1.59. The molecule has 0 aromatic heterocycles. The van der Waals surface area contributed by atoms with Crippen LogP contribution in [0.1, 0.15) is 19.4 Å². The molecule has 1 rings (SSSR count). The first-order chi connectivity index (χ1) is 8.58. The topological polar surface area (TPSA) is 12.5 Å². The molecule has 0 radical (unpaired) electrons. The van der Waals surface area contributed by atoms with Crippen molar-refractivity contribution in [1.29, 1.82) is 0 Å². The van der Waals surface area contributed by atoms with Crippen molar-refractivity contribution in [2.75, 3.05) is 31.7 Å². The van der Waals surface area contributed by atoms with Crippen molar-refractivity contribution in [3.8, 4) is 0 Å². The zero-order valence-corrected chi connectivity index (χ0v) is 13.6. The van der Waals surface area contributed by atoms with Gasteiger partial charge in [0.15, 0.2) is 0 Å². The molecular formula is C14H21BrClNO. The second-order valence-electron chi connectivity index (χ2n) is 4.74. The molecular weight excluding hydrogens is 314 g/mol. The third-order valence-corrected chi connectivity index (χ3v) is 3.52. The van der Waals surface area contributed by atoms with Crippen LogP contribution in [0.3, 0.4) is 0 Å². The summed E-state index contributed by atoms with van der Waals surface area (Å²) in [6.45, 7) is 7.10. The van der Waals surface area contributed by atoms with Gasteiger partial charge in [-0.25, -0.2) is 0 Å². The van der Waals surface area contributed by atoms with Crippen molar-refractivity contribution in [3.05, 3.63) is 28.8 Å². The highest BCUT2D eigenvalue weighted by molar-refractivity contribution is 9.08. The molecule has 0 spiro atoms. The number of nitrogens with zero attached hydrogens (tertiary/aromatic N) is 1. The molecule has 0 unspecified atom stereocenters. The average molecular weight is 335 g/mol. The minimum absolute atomic E-state index is 0.612. The summed E-state index contributed by atoms with van der Waals surface area (Å²) in [6.07, 6.45) is 0. The molecule has 4 heteroatoms. The van der Waals surface area contributed by atoms with Gasteiger partial charge < -0.3 is 9.64 Å². The molecule has 0 fully saturated rings. The quantitative estimate of drug-likeness (QED) is 0.688. The monoisotopic (exact) mass is 333 g/mol. The SMILES string of the molecule is COCCN(CC(C)C)c1ccc(Cl)cc1CBr. The van der Waals surface area contributed by atoms with E-state index in [-0.39, 0.29) is 0 Å². The second-order valence-corrected chi connectivity index (χ2v) is 5.74. The predicted molar refractivity (Wildman–Crippen MR) is 83.0 cm³/mol. The van der Waals surface area contributed by atoms with Crippen LogP contribution in [0.15, 0.2) is 18.2 Å². The van der Waals surface area contributed by atoms with Crippen molar-refractivity contribution in [3.63, 3.8) is 0 Å². The fourth-order valence-electron chi connectivity index (χ4n) is 1.92. The Balaban J connectivity index is 2.95. The van der Waals surface area contributed by atoms with Gasteiger partial charge in [-0.1, -0.05) is 41.4 Å². The largest absolute Gasteiger partial charge is 0.383 e. The average Bonchev–Trinajstić information content (AvgIpc) is 2.34. The Morgan fingerprint density at radius 1 is 1.39 bits per heavy atom. The van der Waals surface area contributed by atoms with Crippen molar-refractivity contribution in [2.45, 2.75) is 19.2 Å². The van der Waals surface area contributed by atoms with Crippen LogP contribution in [0.5, 0.6) is 0 Å². The first kappa shape index (κ1) is 15.8.